The highest BCUT2D eigenvalue weighted by Crippen LogP contribution is 2.13. The molecule has 0 aromatic carbocycles. The zero-order chi connectivity index (χ0) is 16.9. The molecule has 1 saturated heterocycles. The monoisotopic (exact) mass is 329 g/mol. The van der Waals surface area contributed by atoms with Gasteiger partial charge in [0.15, 0.2) is 0 Å². The topological polar surface area (TPSA) is 88.0 Å². The highest BCUT2D eigenvalue weighted by molar-refractivity contribution is 5.87. The molecule has 1 aliphatic heterocycles. The number of nitrogens with one attached hydrogen (secondary N) is 2. The van der Waals surface area contributed by atoms with Gasteiger partial charge in [0.25, 0.3) is 0 Å². The van der Waals surface area contributed by atoms with Gasteiger partial charge >= 0.3 is 6.03 Å². The molecule has 1 fully saturated rings. The SMILES string of the molecule is Cc1nc(NC(=O)NC2CCN(Cc3ccncc3)CC2)nn1C. The van der Waals surface area contributed by atoms with E-state index < -0.39 is 0 Å². The molecule has 128 valence electrons. The zero-order valence-corrected chi connectivity index (χ0v) is 14.1. The number of pyridine rings is 1. The van der Waals surface area contributed by atoms with E-state index in [2.05, 4.69) is 30.6 Å². The number of aryl methyl sites for hydroxylation is 2. The van der Waals surface area contributed by atoms with Gasteiger partial charge in [0.05, 0.1) is 0 Å². The molecule has 0 radical (unpaired) electrons. The van der Waals surface area contributed by atoms with Crippen LogP contribution in [0.15, 0.2) is 24.5 Å². The molecule has 1 aliphatic rings. The summed E-state index contributed by atoms with van der Waals surface area (Å²) in [4.78, 5) is 22.6. The van der Waals surface area contributed by atoms with Gasteiger partial charge in [-0.2, -0.15) is 4.98 Å². The van der Waals surface area contributed by atoms with Gasteiger partial charge in [0, 0.05) is 45.1 Å². The first-order valence-electron chi connectivity index (χ1n) is 8.16. The largest absolute Gasteiger partial charge is 0.335 e. The number of piperidine rings is 1. The molecule has 0 atom stereocenters. The van der Waals surface area contributed by atoms with E-state index in [0.29, 0.717) is 5.95 Å². The molecule has 0 saturated carbocycles. The van der Waals surface area contributed by atoms with Crippen LogP contribution in [0.5, 0.6) is 0 Å². The number of rotatable bonds is 4. The minimum absolute atomic E-state index is 0.184. The van der Waals surface area contributed by atoms with Crippen LogP contribution in [0.3, 0.4) is 0 Å². The Bertz CT molecular complexity index is 657. The summed E-state index contributed by atoms with van der Waals surface area (Å²) in [6, 6.07) is 4.02. The lowest BCUT2D eigenvalue weighted by molar-refractivity contribution is 0.190. The van der Waals surface area contributed by atoms with Crippen molar-refractivity contribution in [3.63, 3.8) is 0 Å². The fourth-order valence-electron chi connectivity index (χ4n) is 2.82. The van der Waals surface area contributed by atoms with Crippen molar-refractivity contribution in [2.24, 2.45) is 7.05 Å². The lowest BCUT2D eigenvalue weighted by Crippen LogP contribution is -2.45. The molecule has 0 unspecified atom stereocenters. The average molecular weight is 329 g/mol. The number of hydrogen-bond donors (Lipinski definition) is 2. The molecule has 8 nitrogen and oxygen atoms in total. The van der Waals surface area contributed by atoms with Gasteiger partial charge in [0.2, 0.25) is 5.95 Å². The van der Waals surface area contributed by atoms with E-state index in [-0.39, 0.29) is 12.1 Å². The number of hydrogen-bond acceptors (Lipinski definition) is 5. The van der Waals surface area contributed by atoms with E-state index in [1.807, 2.05) is 31.5 Å². The van der Waals surface area contributed by atoms with Crippen LogP contribution in [0.4, 0.5) is 10.7 Å². The molecule has 8 heteroatoms. The molecule has 0 bridgehead atoms. The maximum atomic E-state index is 12.0. The maximum absolute atomic E-state index is 12.0. The molecule has 0 spiro atoms. The van der Waals surface area contributed by atoms with E-state index >= 15 is 0 Å². The third-order valence-electron chi connectivity index (χ3n) is 4.28. The van der Waals surface area contributed by atoms with Crippen molar-refractivity contribution < 1.29 is 4.79 Å². The average Bonchev–Trinajstić information content (AvgIpc) is 2.88. The summed E-state index contributed by atoms with van der Waals surface area (Å²) in [7, 11) is 1.80. The van der Waals surface area contributed by atoms with E-state index in [4.69, 9.17) is 0 Å². The minimum Gasteiger partial charge on any atom is -0.335 e. The highest BCUT2D eigenvalue weighted by Gasteiger charge is 2.21. The van der Waals surface area contributed by atoms with Crippen LogP contribution >= 0.6 is 0 Å². The molecular formula is C16H23N7O. The third kappa shape index (κ3) is 4.29. The standard InChI is InChI=1S/C16H23N7O/c1-12-18-15(21-22(12)2)20-16(24)19-14-5-9-23(10-6-14)11-13-3-7-17-8-4-13/h3-4,7-8,14H,5-6,9-11H2,1-2H3,(H2,19,20,21,24). The summed E-state index contributed by atoms with van der Waals surface area (Å²) >= 11 is 0. The number of likely N-dealkylation sites (tertiary alicyclic amines) is 1. The molecule has 2 aromatic heterocycles. The fraction of sp³-hybridized carbons (Fsp3) is 0.500. The second kappa shape index (κ2) is 7.39. The number of carbonyl (C=O) groups is 1. The Morgan fingerprint density at radius 1 is 1.29 bits per heavy atom. The molecule has 24 heavy (non-hydrogen) atoms. The Kier molecular flexibility index (Phi) is 5.05. The number of anilines is 1. The van der Waals surface area contributed by atoms with Crippen molar-refractivity contribution >= 4 is 12.0 Å². The number of amides is 2. The van der Waals surface area contributed by atoms with Crippen molar-refractivity contribution in [2.75, 3.05) is 18.4 Å². The Morgan fingerprint density at radius 2 is 2.00 bits per heavy atom. The number of nitrogens with zero attached hydrogens (tertiary/aromatic N) is 5. The molecule has 2 aromatic rings. The van der Waals surface area contributed by atoms with Gasteiger partial charge in [-0.05, 0) is 37.5 Å². The molecular weight excluding hydrogens is 306 g/mol. The predicted octanol–water partition coefficient (Wildman–Crippen LogP) is 1.30. The Morgan fingerprint density at radius 3 is 2.62 bits per heavy atom. The maximum Gasteiger partial charge on any atom is 0.321 e. The van der Waals surface area contributed by atoms with Gasteiger partial charge in [0.1, 0.15) is 5.82 Å². The van der Waals surface area contributed by atoms with Gasteiger partial charge in [-0.25, -0.2) is 4.79 Å². The summed E-state index contributed by atoms with van der Waals surface area (Å²) in [6.07, 6.45) is 5.52. The van der Waals surface area contributed by atoms with Gasteiger partial charge in [-0.1, -0.05) is 0 Å². The van der Waals surface area contributed by atoms with Gasteiger partial charge in [-0.15, -0.1) is 5.10 Å². The summed E-state index contributed by atoms with van der Waals surface area (Å²) in [5.74, 6) is 1.09. The van der Waals surface area contributed by atoms with Crippen LogP contribution in [0, 0.1) is 6.92 Å². The smallest absolute Gasteiger partial charge is 0.321 e. The van der Waals surface area contributed by atoms with Crippen LogP contribution in [-0.4, -0.2) is 49.8 Å². The Labute approximate surface area is 141 Å². The van der Waals surface area contributed by atoms with Gasteiger partial charge in [-0.3, -0.25) is 19.9 Å². The Hall–Kier alpha value is -2.48. The molecule has 3 heterocycles. The van der Waals surface area contributed by atoms with Crippen LogP contribution < -0.4 is 10.6 Å². The van der Waals surface area contributed by atoms with Crippen molar-refractivity contribution in [1.82, 2.24) is 30.0 Å². The van der Waals surface area contributed by atoms with E-state index in [0.717, 1.165) is 38.3 Å². The number of aromatic nitrogens is 4. The summed E-state index contributed by atoms with van der Waals surface area (Å²) in [5.41, 5.74) is 1.27. The first-order chi connectivity index (χ1) is 11.6. The molecule has 0 aliphatic carbocycles. The lowest BCUT2D eigenvalue weighted by atomic mass is 10.0. The fourth-order valence-corrected chi connectivity index (χ4v) is 2.82. The third-order valence-corrected chi connectivity index (χ3v) is 4.28. The number of urea groups is 1. The van der Waals surface area contributed by atoms with E-state index in [1.54, 1.807) is 11.7 Å². The first-order valence-corrected chi connectivity index (χ1v) is 8.16. The highest BCUT2D eigenvalue weighted by atomic mass is 16.2. The van der Waals surface area contributed by atoms with Gasteiger partial charge < -0.3 is 5.32 Å². The zero-order valence-electron chi connectivity index (χ0n) is 14.1. The van der Waals surface area contributed by atoms with Crippen molar-refractivity contribution in [1.29, 1.82) is 0 Å². The summed E-state index contributed by atoms with van der Waals surface area (Å²) < 4.78 is 1.63. The van der Waals surface area contributed by atoms with Crippen molar-refractivity contribution in [3.05, 3.63) is 35.9 Å². The second-order valence-electron chi connectivity index (χ2n) is 6.11. The van der Waals surface area contributed by atoms with Crippen LogP contribution in [-0.2, 0) is 13.6 Å². The summed E-state index contributed by atoms with van der Waals surface area (Å²) in [5, 5.41) is 9.82. The lowest BCUT2D eigenvalue weighted by Gasteiger charge is -2.32. The molecule has 2 amide bonds. The van der Waals surface area contributed by atoms with Crippen LogP contribution in [0.2, 0.25) is 0 Å². The predicted molar refractivity (Wildman–Crippen MR) is 90.4 cm³/mol. The van der Waals surface area contributed by atoms with E-state index in [1.165, 1.54) is 5.56 Å². The Balaban J connectivity index is 1.42. The quantitative estimate of drug-likeness (QED) is 0.883. The number of carbonyl (C=O) groups excluding carboxylic acids is 1. The van der Waals surface area contributed by atoms with Crippen LogP contribution in [0.25, 0.3) is 0 Å². The van der Waals surface area contributed by atoms with E-state index in [9.17, 15) is 4.79 Å². The first kappa shape index (κ1) is 16.4. The normalized spacial score (nSPS) is 16.1. The van der Waals surface area contributed by atoms with Crippen LogP contribution in [0.1, 0.15) is 24.2 Å². The summed E-state index contributed by atoms with van der Waals surface area (Å²) in [6.45, 7) is 4.70. The molecule has 3 rings (SSSR count). The second-order valence-corrected chi connectivity index (χ2v) is 6.11. The van der Waals surface area contributed by atoms with Crippen molar-refractivity contribution in [3.8, 4) is 0 Å². The van der Waals surface area contributed by atoms with Crippen molar-refractivity contribution in [2.45, 2.75) is 32.4 Å². The molecule has 2 N–H and O–H groups in total. The minimum atomic E-state index is -0.242.